The van der Waals surface area contributed by atoms with Crippen LogP contribution in [-0.2, 0) is 7.05 Å². The highest BCUT2D eigenvalue weighted by atomic mass is 16.5. The van der Waals surface area contributed by atoms with Crippen LogP contribution in [0.1, 0.15) is 11.1 Å². The van der Waals surface area contributed by atoms with Crippen molar-refractivity contribution in [2.75, 3.05) is 26.6 Å². The number of hydrogen-bond acceptors (Lipinski definition) is 4. The van der Waals surface area contributed by atoms with Crippen molar-refractivity contribution in [1.29, 1.82) is 0 Å². The Bertz CT molecular complexity index is 738. The summed E-state index contributed by atoms with van der Waals surface area (Å²) in [6, 6.07) is 3.89. The van der Waals surface area contributed by atoms with E-state index < -0.39 is 0 Å². The normalized spacial score (nSPS) is 10.5. The number of anilines is 1. The van der Waals surface area contributed by atoms with E-state index in [-0.39, 0.29) is 5.56 Å². The minimum absolute atomic E-state index is 0.0204. The van der Waals surface area contributed by atoms with Gasteiger partial charge < -0.3 is 19.4 Å². The highest BCUT2D eigenvalue weighted by Crippen LogP contribution is 2.39. The standard InChI is InChI=1S/C17H22N2O3/c1-10-11(2)17(20)19(4)9-13(10)12-7-14(21-5)16(18-3)15(8-12)22-6/h7-9,18H,1-6H3. The molecule has 0 radical (unpaired) electrons. The zero-order chi connectivity index (χ0) is 16.4. The van der Waals surface area contributed by atoms with Gasteiger partial charge in [0.15, 0.2) is 0 Å². The van der Waals surface area contributed by atoms with E-state index in [2.05, 4.69) is 5.32 Å². The summed E-state index contributed by atoms with van der Waals surface area (Å²) in [7, 11) is 6.83. The summed E-state index contributed by atoms with van der Waals surface area (Å²) in [5.41, 5.74) is 4.46. The lowest BCUT2D eigenvalue weighted by Crippen LogP contribution is -2.20. The molecule has 1 heterocycles. The highest BCUT2D eigenvalue weighted by molar-refractivity contribution is 5.78. The van der Waals surface area contributed by atoms with Crippen LogP contribution in [0, 0.1) is 13.8 Å². The molecule has 0 fully saturated rings. The van der Waals surface area contributed by atoms with E-state index in [1.807, 2.05) is 39.2 Å². The quantitative estimate of drug-likeness (QED) is 0.943. The van der Waals surface area contributed by atoms with Gasteiger partial charge in [-0.1, -0.05) is 0 Å². The van der Waals surface area contributed by atoms with Crippen molar-refractivity contribution in [3.8, 4) is 22.6 Å². The Morgan fingerprint density at radius 1 is 1.05 bits per heavy atom. The maximum Gasteiger partial charge on any atom is 0.253 e. The van der Waals surface area contributed by atoms with E-state index in [4.69, 9.17) is 9.47 Å². The van der Waals surface area contributed by atoms with Crippen molar-refractivity contribution < 1.29 is 9.47 Å². The molecule has 1 N–H and O–H groups in total. The molecule has 0 bridgehead atoms. The van der Waals surface area contributed by atoms with Gasteiger partial charge in [0.05, 0.1) is 14.2 Å². The number of nitrogens with zero attached hydrogens (tertiary/aromatic N) is 1. The van der Waals surface area contributed by atoms with Gasteiger partial charge in [0.2, 0.25) is 0 Å². The van der Waals surface area contributed by atoms with Crippen LogP contribution in [-0.4, -0.2) is 25.8 Å². The van der Waals surface area contributed by atoms with Crippen molar-refractivity contribution >= 4 is 5.69 Å². The molecule has 5 heteroatoms. The number of pyridine rings is 1. The van der Waals surface area contributed by atoms with Crippen LogP contribution >= 0.6 is 0 Å². The van der Waals surface area contributed by atoms with Crippen molar-refractivity contribution in [3.63, 3.8) is 0 Å². The summed E-state index contributed by atoms with van der Waals surface area (Å²) < 4.78 is 12.5. The molecular weight excluding hydrogens is 280 g/mol. The molecule has 0 atom stereocenters. The number of ether oxygens (including phenoxy) is 2. The van der Waals surface area contributed by atoms with Gasteiger partial charge in [-0.2, -0.15) is 0 Å². The topological polar surface area (TPSA) is 52.5 Å². The molecule has 0 aliphatic heterocycles. The first-order valence-electron chi connectivity index (χ1n) is 7.05. The molecule has 1 aromatic carbocycles. The van der Waals surface area contributed by atoms with Crippen LogP contribution in [0.15, 0.2) is 23.1 Å². The molecule has 2 rings (SSSR count). The number of rotatable bonds is 4. The maximum atomic E-state index is 12.0. The summed E-state index contributed by atoms with van der Waals surface area (Å²) in [6.07, 6.45) is 1.85. The average Bonchev–Trinajstić information content (AvgIpc) is 2.54. The Morgan fingerprint density at radius 3 is 2.05 bits per heavy atom. The van der Waals surface area contributed by atoms with Gasteiger partial charge in [-0.25, -0.2) is 0 Å². The molecule has 0 saturated carbocycles. The van der Waals surface area contributed by atoms with Crippen LogP contribution in [0.3, 0.4) is 0 Å². The maximum absolute atomic E-state index is 12.0. The molecule has 22 heavy (non-hydrogen) atoms. The second kappa shape index (κ2) is 6.13. The van der Waals surface area contributed by atoms with Crippen LogP contribution in [0.5, 0.6) is 11.5 Å². The third-order valence-corrected chi connectivity index (χ3v) is 4.00. The summed E-state index contributed by atoms with van der Waals surface area (Å²) in [6.45, 7) is 3.80. The van der Waals surface area contributed by atoms with Crippen LogP contribution < -0.4 is 20.3 Å². The molecule has 118 valence electrons. The van der Waals surface area contributed by atoms with Crippen molar-refractivity contribution in [3.05, 3.63) is 39.8 Å². The van der Waals surface area contributed by atoms with E-state index >= 15 is 0 Å². The Balaban J connectivity index is 2.76. The SMILES string of the molecule is CNc1c(OC)cc(-c2cn(C)c(=O)c(C)c2C)cc1OC. The second-order valence-corrected chi connectivity index (χ2v) is 5.21. The van der Waals surface area contributed by atoms with Crippen LogP contribution in [0.2, 0.25) is 0 Å². The Kier molecular flexibility index (Phi) is 4.45. The Morgan fingerprint density at radius 2 is 1.59 bits per heavy atom. The largest absolute Gasteiger partial charge is 0.494 e. The Labute approximate surface area is 130 Å². The molecule has 0 spiro atoms. The molecule has 0 unspecified atom stereocenters. The molecule has 0 aliphatic carbocycles. The molecule has 0 amide bonds. The smallest absolute Gasteiger partial charge is 0.253 e. The first-order valence-corrected chi connectivity index (χ1v) is 7.05. The van der Waals surface area contributed by atoms with Crippen LogP contribution in [0.4, 0.5) is 5.69 Å². The molecule has 0 saturated heterocycles. The fourth-order valence-corrected chi connectivity index (χ4v) is 2.58. The lowest BCUT2D eigenvalue weighted by Gasteiger charge is -2.17. The number of aryl methyl sites for hydroxylation is 1. The average molecular weight is 302 g/mol. The number of aromatic nitrogens is 1. The van der Waals surface area contributed by atoms with E-state index in [9.17, 15) is 4.79 Å². The predicted molar refractivity (Wildman–Crippen MR) is 89.2 cm³/mol. The third-order valence-electron chi connectivity index (χ3n) is 4.00. The van der Waals surface area contributed by atoms with Gasteiger partial charge in [0.1, 0.15) is 17.2 Å². The lowest BCUT2D eigenvalue weighted by molar-refractivity contribution is 0.398. The van der Waals surface area contributed by atoms with Gasteiger partial charge in [-0.15, -0.1) is 0 Å². The minimum atomic E-state index is 0.0204. The predicted octanol–water partition coefficient (Wildman–Crippen LogP) is 2.73. The highest BCUT2D eigenvalue weighted by Gasteiger charge is 2.15. The number of hydrogen-bond donors (Lipinski definition) is 1. The number of methoxy groups -OCH3 is 2. The molecular formula is C17H22N2O3. The molecule has 1 aromatic heterocycles. The Hall–Kier alpha value is -2.43. The van der Waals surface area contributed by atoms with E-state index in [1.165, 1.54) is 0 Å². The monoisotopic (exact) mass is 302 g/mol. The minimum Gasteiger partial charge on any atom is -0.494 e. The van der Waals surface area contributed by atoms with Gasteiger partial charge in [0.25, 0.3) is 5.56 Å². The van der Waals surface area contributed by atoms with Gasteiger partial charge >= 0.3 is 0 Å². The fraction of sp³-hybridized carbons (Fsp3) is 0.353. The molecule has 0 aliphatic rings. The molecule has 5 nitrogen and oxygen atoms in total. The van der Waals surface area contributed by atoms with Gasteiger partial charge in [0, 0.05) is 31.4 Å². The summed E-state index contributed by atoms with van der Waals surface area (Å²) in [5, 5.41) is 3.09. The zero-order valence-electron chi connectivity index (χ0n) is 13.9. The fourth-order valence-electron chi connectivity index (χ4n) is 2.58. The number of benzene rings is 1. The van der Waals surface area contributed by atoms with Gasteiger partial charge in [-0.3, -0.25) is 4.79 Å². The van der Waals surface area contributed by atoms with Gasteiger partial charge in [-0.05, 0) is 37.1 Å². The molecule has 2 aromatic rings. The number of nitrogens with one attached hydrogen (secondary N) is 1. The second-order valence-electron chi connectivity index (χ2n) is 5.21. The first-order chi connectivity index (χ1) is 10.4. The van der Waals surface area contributed by atoms with Crippen molar-refractivity contribution in [1.82, 2.24) is 4.57 Å². The van der Waals surface area contributed by atoms with Crippen LogP contribution in [0.25, 0.3) is 11.1 Å². The lowest BCUT2D eigenvalue weighted by atomic mass is 9.98. The van der Waals surface area contributed by atoms with E-state index in [0.29, 0.717) is 11.5 Å². The van der Waals surface area contributed by atoms with E-state index in [1.54, 1.807) is 25.8 Å². The van der Waals surface area contributed by atoms with Crippen molar-refractivity contribution in [2.45, 2.75) is 13.8 Å². The zero-order valence-corrected chi connectivity index (χ0v) is 13.9. The first kappa shape index (κ1) is 15.9. The van der Waals surface area contributed by atoms with Crippen molar-refractivity contribution in [2.24, 2.45) is 7.05 Å². The summed E-state index contributed by atoms with van der Waals surface area (Å²) in [5.74, 6) is 1.39. The summed E-state index contributed by atoms with van der Waals surface area (Å²) >= 11 is 0. The summed E-state index contributed by atoms with van der Waals surface area (Å²) in [4.78, 5) is 12.0. The third kappa shape index (κ3) is 2.54. The van der Waals surface area contributed by atoms with E-state index in [0.717, 1.165) is 27.9 Å².